The lowest BCUT2D eigenvalue weighted by Gasteiger charge is -2.43. The fourth-order valence-corrected chi connectivity index (χ4v) is 8.25. The van der Waals surface area contributed by atoms with Crippen LogP contribution in [0.3, 0.4) is 0 Å². The number of anilines is 1. The molecule has 0 aliphatic carbocycles. The van der Waals surface area contributed by atoms with Gasteiger partial charge in [0.2, 0.25) is 5.91 Å². The highest BCUT2D eigenvalue weighted by Gasteiger charge is 2.32. The van der Waals surface area contributed by atoms with E-state index in [9.17, 15) is 24.3 Å². The van der Waals surface area contributed by atoms with Crippen molar-refractivity contribution in [1.29, 1.82) is 0 Å². The van der Waals surface area contributed by atoms with Gasteiger partial charge < -0.3 is 39.5 Å². The van der Waals surface area contributed by atoms with Gasteiger partial charge >= 0.3 is 18.1 Å². The summed E-state index contributed by atoms with van der Waals surface area (Å²) in [6.45, 7) is 10.2. The van der Waals surface area contributed by atoms with Crippen LogP contribution in [0.4, 0.5) is 15.3 Å². The Morgan fingerprint density at radius 1 is 0.868 bits per heavy atom. The lowest BCUT2D eigenvalue weighted by molar-refractivity contribution is -0.141. The van der Waals surface area contributed by atoms with Gasteiger partial charge in [0.25, 0.3) is 0 Å². The van der Waals surface area contributed by atoms with E-state index in [1.807, 2.05) is 47.1 Å². The van der Waals surface area contributed by atoms with Crippen LogP contribution in [-0.2, 0) is 31.9 Å². The molecule has 4 heterocycles. The molecule has 4 aliphatic rings. The third kappa shape index (κ3) is 11.1. The standard InChI is InChI=1S/C23H34BrN3O4.C16H21N3O3/c1-17(15-18-3-4-21(28)20(24)16-18)23(30)27-13-11-26(12-14-27)19-5-8-25(9-6-19)10-7-22(29)31-2;1-22-16(21)18-9-7-13(8-10-18)19-11-6-12-4-2-3-5-14(12)17-15(19)20/h3-4,16-17,19,28H,5-15H2,1-2H3;2-5,13H,6-11H2,1H3,(H,17,20)/t17-;/m1./s1. The van der Waals surface area contributed by atoms with E-state index in [2.05, 4.69) is 37.1 Å². The number of carbonyl (C=O) groups is 4. The van der Waals surface area contributed by atoms with E-state index in [1.165, 1.54) is 19.8 Å². The van der Waals surface area contributed by atoms with Crippen LogP contribution in [0.5, 0.6) is 5.75 Å². The largest absolute Gasteiger partial charge is 0.507 e. The van der Waals surface area contributed by atoms with Crippen molar-refractivity contribution in [2.24, 2.45) is 5.92 Å². The fraction of sp³-hybridized carbons (Fsp3) is 0.590. The minimum Gasteiger partial charge on any atom is -0.507 e. The SMILES string of the molecule is COC(=O)CCN1CCC(N2CCN(C(=O)[C@H](C)Cc3ccc(O)c(Br)c3)CC2)CC1.COC(=O)N1CCC(N2CCc3ccccc3NC2=O)CC1. The molecule has 2 aromatic rings. The summed E-state index contributed by atoms with van der Waals surface area (Å²) in [7, 11) is 2.83. The number of likely N-dealkylation sites (tertiary alicyclic amines) is 2. The first-order valence-electron chi connectivity index (χ1n) is 18.8. The van der Waals surface area contributed by atoms with Gasteiger partial charge in [0.05, 0.1) is 25.1 Å². The highest BCUT2D eigenvalue weighted by molar-refractivity contribution is 9.10. The van der Waals surface area contributed by atoms with Gasteiger partial charge in [-0.3, -0.25) is 14.5 Å². The maximum Gasteiger partial charge on any atom is 0.409 e. The number of carbonyl (C=O) groups excluding carboxylic acids is 4. The summed E-state index contributed by atoms with van der Waals surface area (Å²) in [6.07, 6.45) is 5.50. The van der Waals surface area contributed by atoms with Crippen molar-refractivity contribution in [3.63, 3.8) is 0 Å². The number of para-hydroxylation sites is 1. The van der Waals surface area contributed by atoms with Crippen LogP contribution in [0.15, 0.2) is 46.9 Å². The lowest BCUT2D eigenvalue weighted by atomic mass is 9.98. The van der Waals surface area contributed by atoms with Gasteiger partial charge in [-0.2, -0.15) is 0 Å². The van der Waals surface area contributed by atoms with Crippen molar-refractivity contribution in [2.45, 2.75) is 64.0 Å². The zero-order valence-corrected chi connectivity index (χ0v) is 32.9. The molecule has 4 amide bonds. The number of piperidine rings is 2. The van der Waals surface area contributed by atoms with Gasteiger partial charge in [-0.25, -0.2) is 9.59 Å². The number of amides is 4. The number of esters is 1. The molecule has 1 atom stereocenters. The van der Waals surface area contributed by atoms with E-state index in [-0.39, 0.29) is 41.7 Å². The van der Waals surface area contributed by atoms with E-state index in [1.54, 1.807) is 11.0 Å². The summed E-state index contributed by atoms with van der Waals surface area (Å²) in [4.78, 5) is 58.7. The van der Waals surface area contributed by atoms with E-state index in [0.29, 0.717) is 43.0 Å². The number of ether oxygens (including phenoxy) is 2. The van der Waals surface area contributed by atoms with Gasteiger partial charge in [-0.15, -0.1) is 0 Å². The average molecular weight is 800 g/mol. The number of nitrogens with one attached hydrogen (secondary N) is 1. The van der Waals surface area contributed by atoms with Gasteiger partial charge in [-0.1, -0.05) is 31.2 Å². The van der Waals surface area contributed by atoms with Gasteiger partial charge in [0, 0.05) is 76.0 Å². The molecule has 2 aromatic carbocycles. The number of nitrogens with zero attached hydrogens (tertiary/aromatic N) is 5. The number of benzene rings is 2. The van der Waals surface area contributed by atoms with Gasteiger partial charge in [0.15, 0.2) is 0 Å². The average Bonchev–Trinajstić information content (AvgIpc) is 3.36. The Balaban J connectivity index is 0.000000216. The molecule has 3 saturated heterocycles. The summed E-state index contributed by atoms with van der Waals surface area (Å²) in [6, 6.07) is 14.0. The molecule has 0 bridgehead atoms. The second-order valence-corrected chi connectivity index (χ2v) is 15.2. The van der Waals surface area contributed by atoms with Gasteiger partial charge in [-0.05, 0) is 96.9 Å². The monoisotopic (exact) mass is 798 g/mol. The molecule has 4 aliphatic heterocycles. The lowest BCUT2D eigenvalue weighted by Crippen LogP contribution is -2.55. The topological polar surface area (TPSA) is 135 Å². The zero-order valence-electron chi connectivity index (χ0n) is 31.3. The predicted molar refractivity (Wildman–Crippen MR) is 206 cm³/mol. The van der Waals surface area contributed by atoms with Crippen molar-refractivity contribution in [2.75, 3.05) is 85.0 Å². The minimum atomic E-state index is -0.286. The Labute approximate surface area is 321 Å². The molecule has 0 aromatic heterocycles. The van der Waals surface area contributed by atoms with Crippen LogP contribution in [0.1, 0.15) is 50.2 Å². The first-order valence-corrected chi connectivity index (χ1v) is 19.6. The zero-order chi connectivity index (χ0) is 37.9. The minimum absolute atomic E-state index is 0.0403. The number of hydrogen-bond acceptors (Lipinski definition) is 9. The summed E-state index contributed by atoms with van der Waals surface area (Å²) in [5.74, 6) is 0.200. The Morgan fingerprint density at radius 3 is 2.21 bits per heavy atom. The molecular formula is C39H55BrN6O7. The van der Waals surface area contributed by atoms with Crippen LogP contribution < -0.4 is 5.32 Å². The highest BCUT2D eigenvalue weighted by atomic mass is 79.9. The molecule has 3 fully saturated rings. The second kappa shape index (κ2) is 19.4. The van der Waals surface area contributed by atoms with Crippen LogP contribution in [0.25, 0.3) is 0 Å². The number of fused-ring (bicyclic) bond motifs is 1. The molecule has 2 N–H and O–H groups in total. The molecular weight excluding hydrogens is 744 g/mol. The maximum absolute atomic E-state index is 12.9. The number of methoxy groups -OCH3 is 2. The number of hydrogen-bond donors (Lipinski definition) is 2. The van der Waals surface area contributed by atoms with Crippen molar-refractivity contribution < 1.29 is 33.8 Å². The Kier molecular flexibility index (Phi) is 14.8. The quantitative estimate of drug-likeness (QED) is 0.361. The molecule has 53 heavy (non-hydrogen) atoms. The second-order valence-electron chi connectivity index (χ2n) is 14.4. The molecule has 14 heteroatoms. The Morgan fingerprint density at radius 2 is 1.55 bits per heavy atom. The number of rotatable bonds is 8. The van der Waals surface area contributed by atoms with Crippen molar-refractivity contribution >= 4 is 45.6 Å². The fourth-order valence-electron chi connectivity index (χ4n) is 7.82. The van der Waals surface area contributed by atoms with Crippen LogP contribution in [-0.4, -0.2) is 145 Å². The molecule has 6 rings (SSSR count). The molecule has 0 unspecified atom stereocenters. The Hall–Kier alpha value is -3.88. The van der Waals surface area contributed by atoms with Crippen molar-refractivity contribution in [3.8, 4) is 5.75 Å². The summed E-state index contributed by atoms with van der Waals surface area (Å²) < 4.78 is 10.1. The maximum atomic E-state index is 12.9. The summed E-state index contributed by atoms with van der Waals surface area (Å²) in [5, 5.41) is 12.6. The number of phenolic OH excluding ortho intramolecular Hbond substituents is 1. The van der Waals surface area contributed by atoms with Gasteiger partial charge in [0.1, 0.15) is 5.75 Å². The number of urea groups is 1. The Bertz CT molecular complexity index is 1550. The molecule has 0 radical (unpaired) electrons. The van der Waals surface area contributed by atoms with Crippen molar-refractivity contribution in [1.82, 2.24) is 24.5 Å². The highest BCUT2D eigenvalue weighted by Crippen LogP contribution is 2.27. The number of halogens is 1. The van der Waals surface area contributed by atoms with E-state index < -0.39 is 0 Å². The smallest absolute Gasteiger partial charge is 0.409 e. The normalized spacial score (nSPS) is 19.6. The molecule has 290 valence electrons. The first-order chi connectivity index (χ1) is 25.6. The third-order valence-electron chi connectivity index (χ3n) is 11.0. The third-order valence-corrected chi connectivity index (χ3v) is 11.6. The van der Waals surface area contributed by atoms with E-state index in [4.69, 9.17) is 9.47 Å². The summed E-state index contributed by atoms with van der Waals surface area (Å²) in [5.41, 5.74) is 3.12. The molecule has 0 saturated carbocycles. The van der Waals surface area contributed by atoms with Crippen LogP contribution in [0, 0.1) is 5.92 Å². The molecule has 13 nitrogen and oxygen atoms in total. The van der Waals surface area contributed by atoms with Crippen LogP contribution >= 0.6 is 15.9 Å². The molecule has 0 spiro atoms. The van der Waals surface area contributed by atoms with Crippen molar-refractivity contribution in [3.05, 3.63) is 58.1 Å². The van der Waals surface area contributed by atoms with E-state index in [0.717, 1.165) is 89.2 Å². The van der Waals surface area contributed by atoms with Crippen LogP contribution in [0.2, 0.25) is 0 Å². The number of aromatic hydroxyl groups is 1. The summed E-state index contributed by atoms with van der Waals surface area (Å²) >= 11 is 3.34. The number of phenols is 1. The van der Waals surface area contributed by atoms with E-state index >= 15 is 0 Å². The number of piperazine rings is 1. The predicted octanol–water partition coefficient (Wildman–Crippen LogP) is 4.81. The first kappa shape index (κ1) is 40.3.